The normalized spacial score (nSPS) is 38.2. The third kappa shape index (κ3) is 1.56. The zero-order valence-corrected chi connectivity index (χ0v) is 11.4. The van der Waals surface area contributed by atoms with Crippen molar-refractivity contribution in [2.75, 3.05) is 7.11 Å². The molecule has 18 heavy (non-hydrogen) atoms. The molecule has 100 valence electrons. The highest BCUT2D eigenvalue weighted by Crippen LogP contribution is 2.69. The van der Waals surface area contributed by atoms with Crippen molar-refractivity contribution in [1.29, 1.82) is 0 Å². The van der Waals surface area contributed by atoms with E-state index in [2.05, 4.69) is 20.4 Å². The Hall–Kier alpha value is -1.12. The van der Waals surface area contributed by atoms with Crippen LogP contribution in [0.15, 0.2) is 12.7 Å². The van der Waals surface area contributed by atoms with Crippen molar-refractivity contribution in [3.05, 3.63) is 12.7 Å². The first-order chi connectivity index (χ1) is 8.51. The van der Waals surface area contributed by atoms with Gasteiger partial charge in [-0.3, -0.25) is 9.59 Å². The predicted molar refractivity (Wildman–Crippen MR) is 68.8 cm³/mol. The van der Waals surface area contributed by atoms with Gasteiger partial charge in [-0.2, -0.15) is 0 Å². The lowest BCUT2D eigenvalue weighted by atomic mass is 9.75. The van der Waals surface area contributed by atoms with Gasteiger partial charge in [0.2, 0.25) is 0 Å². The number of methoxy groups -OCH3 is 1. The number of ketones is 1. The highest BCUT2D eigenvalue weighted by molar-refractivity contribution is 6.08. The van der Waals surface area contributed by atoms with Gasteiger partial charge in [-0.05, 0) is 36.5 Å². The summed E-state index contributed by atoms with van der Waals surface area (Å²) < 4.78 is 4.92. The number of esters is 1. The van der Waals surface area contributed by atoms with E-state index in [1.54, 1.807) is 0 Å². The standard InChI is InChI=1S/C15H22O3/c1-5-6-11-13-10(9(2)3)7-8-12(16)15(11,13)14(17)18-4/h5,9-11,13H,1,6-8H2,2-4H3. The lowest BCUT2D eigenvalue weighted by molar-refractivity contribution is -0.154. The van der Waals surface area contributed by atoms with Crippen LogP contribution in [-0.2, 0) is 14.3 Å². The maximum Gasteiger partial charge on any atom is 0.319 e. The number of rotatable bonds is 4. The molecular formula is C15H22O3. The van der Waals surface area contributed by atoms with E-state index in [4.69, 9.17) is 4.74 Å². The fraction of sp³-hybridized carbons (Fsp3) is 0.733. The number of hydrogen-bond acceptors (Lipinski definition) is 3. The van der Waals surface area contributed by atoms with Gasteiger partial charge < -0.3 is 4.74 Å². The van der Waals surface area contributed by atoms with E-state index in [-0.39, 0.29) is 23.6 Å². The Morgan fingerprint density at radius 3 is 2.78 bits per heavy atom. The molecule has 0 aliphatic heterocycles. The molecule has 0 spiro atoms. The van der Waals surface area contributed by atoms with Crippen molar-refractivity contribution in [3.63, 3.8) is 0 Å². The highest BCUT2D eigenvalue weighted by atomic mass is 16.5. The molecule has 2 rings (SSSR count). The molecule has 4 atom stereocenters. The molecule has 0 radical (unpaired) electrons. The zero-order chi connectivity index (χ0) is 13.5. The Morgan fingerprint density at radius 1 is 1.61 bits per heavy atom. The van der Waals surface area contributed by atoms with Gasteiger partial charge >= 0.3 is 5.97 Å². The van der Waals surface area contributed by atoms with Crippen LogP contribution in [0, 0.1) is 29.1 Å². The molecule has 0 aromatic rings. The van der Waals surface area contributed by atoms with Crippen LogP contribution in [0.1, 0.15) is 33.1 Å². The monoisotopic (exact) mass is 250 g/mol. The smallest absolute Gasteiger partial charge is 0.319 e. The van der Waals surface area contributed by atoms with Crippen LogP contribution in [0.3, 0.4) is 0 Å². The van der Waals surface area contributed by atoms with Crippen LogP contribution in [0.2, 0.25) is 0 Å². The van der Waals surface area contributed by atoms with Crippen molar-refractivity contribution in [2.24, 2.45) is 29.1 Å². The molecule has 3 nitrogen and oxygen atoms in total. The number of Topliss-reactive ketones (excluding diaryl/α,β-unsaturated/α-hetero) is 1. The van der Waals surface area contributed by atoms with Crippen molar-refractivity contribution >= 4 is 11.8 Å². The highest BCUT2D eigenvalue weighted by Gasteiger charge is 2.76. The first-order valence-corrected chi connectivity index (χ1v) is 6.74. The van der Waals surface area contributed by atoms with E-state index in [0.717, 1.165) is 12.8 Å². The second kappa shape index (κ2) is 4.52. The van der Waals surface area contributed by atoms with E-state index in [1.807, 2.05) is 6.08 Å². The summed E-state index contributed by atoms with van der Waals surface area (Å²) >= 11 is 0. The Labute approximate surface area is 109 Å². The van der Waals surface area contributed by atoms with Gasteiger partial charge in [0.15, 0.2) is 5.78 Å². The van der Waals surface area contributed by atoms with Gasteiger partial charge in [-0.25, -0.2) is 0 Å². The number of carbonyl (C=O) groups excluding carboxylic acids is 2. The molecule has 3 heteroatoms. The van der Waals surface area contributed by atoms with Crippen molar-refractivity contribution in [1.82, 2.24) is 0 Å². The maximum atomic E-state index is 12.3. The molecule has 0 N–H and O–H groups in total. The van der Waals surface area contributed by atoms with Crippen LogP contribution >= 0.6 is 0 Å². The van der Waals surface area contributed by atoms with Crippen molar-refractivity contribution < 1.29 is 14.3 Å². The lowest BCUT2D eigenvalue weighted by Gasteiger charge is -2.28. The summed E-state index contributed by atoms with van der Waals surface area (Å²) in [7, 11) is 1.38. The van der Waals surface area contributed by atoms with E-state index >= 15 is 0 Å². The second-order valence-electron chi connectivity index (χ2n) is 5.89. The topological polar surface area (TPSA) is 43.4 Å². The molecule has 0 saturated heterocycles. The van der Waals surface area contributed by atoms with Gasteiger partial charge in [0.25, 0.3) is 0 Å². The van der Waals surface area contributed by atoms with Gasteiger partial charge in [0.1, 0.15) is 5.41 Å². The molecule has 0 heterocycles. The largest absolute Gasteiger partial charge is 0.468 e. The summed E-state index contributed by atoms with van der Waals surface area (Å²) in [6, 6.07) is 0. The van der Waals surface area contributed by atoms with Crippen LogP contribution in [0.5, 0.6) is 0 Å². The SMILES string of the molecule is C=CCC1C2C(C(C)C)CCC(=O)C12C(=O)OC. The van der Waals surface area contributed by atoms with Crippen LogP contribution < -0.4 is 0 Å². The lowest BCUT2D eigenvalue weighted by Crippen LogP contribution is -2.36. The first-order valence-electron chi connectivity index (χ1n) is 6.74. The molecule has 0 bridgehead atoms. The first kappa shape index (κ1) is 13.3. The van der Waals surface area contributed by atoms with Gasteiger partial charge in [-0.15, -0.1) is 6.58 Å². The number of ether oxygens (including phenoxy) is 1. The average Bonchev–Trinajstić information content (AvgIpc) is 3.00. The number of hydrogen-bond donors (Lipinski definition) is 0. The minimum absolute atomic E-state index is 0.0862. The van der Waals surface area contributed by atoms with Crippen LogP contribution in [0.4, 0.5) is 0 Å². The minimum Gasteiger partial charge on any atom is -0.468 e. The predicted octanol–water partition coefficient (Wildman–Crippen LogP) is 2.60. The molecule has 2 saturated carbocycles. The van der Waals surface area contributed by atoms with Gasteiger partial charge in [0, 0.05) is 6.42 Å². The number of carbonyl (C=O) groups is 2. The minimum atomic E-state index is -0.837. The summed E-state index contributed by atoms with van der Waals surface area (Å²) in [6.45, 7) is 8.09. The second-order valence-corrected chi connectivity index (χ2v) is 5.89. The molecule has 0 aromatic heterocycles. The van der Waals surface area contributed by atoms with E-state index in [1.165, 1.54) is 7.11 Å². The van der Waals surface area contributed by atoms with E-state index < -0.39 is 5.41 Å². The quantitative estimate of drug-likeness (QED) is 0.437. The molecule has 0 amide bonds. The number of allylic oxidation sites excluding steroid dienone is 1. The third-order valence-electron chi connectivity index (χ3n) is 4.86. The molecule has 4 unspecified atom stereocenters. The van der Waals surface area contributed by atoms with Crippen LogP contribution in [0.25, 0.3) is 0 Å². The molecule has 2 aliphatic rings. The van der Waals surface area contributed by atoms with Gasteiger partial charge in [-0.1, -0.05) is 19.9 Å². The molecular weight excluding hydrogens is 228 g/mol. The van der Waals surface area contributed by atoms with E-state index in [0.29, 0.717) is 18.3 Å². The van der Waals surface area contributed by atoms with Gasteiger partial charge in [0.05, 0.1) is 7.11 Å². The summed E-state index contributed by atoms with van der Waals surface area (Å²) in [6.07, 6.45) is 3.97. The fourth-order valence-electron chi connectivity index (χ4n) is 4.03. The van der Waals surface area contributed by atoms with Crippen LogP contribution in [-0.4, -0.2) is 18.9 Å². The van der Waals surface area contributed by atoms with Crippen molar-refractivity contribution in [3.8, 4) is 0 Å². The maximum absolute atomic E-state index is 12.3. The molecule has 0 aromatic carbocycles. The summed E-state index contributed by atoms with van der Waals surface area (Å²) in [5.74, 6) is 1.00. The Morgan fingerprint density at radius 2 is 2.28 bits per heavy atom. The zero-order valence-electron chi connectivity index (χ0n) is 11.4. The Bertz CT molecular complexity index is 375. The van der Waals surface area contributed by atoms with Crippen molar-refractivity contribution in [2.45, 2.75) is 33.1 Å². The summed E-state index contributed by atoms with van der Waals surface area (Å²) in [5.41, 5.74) is -0.837. The third-order valence-corrected chi connectivity index (χ3v) is 4.86. The summed E-state index contributed by atoms with van der Waals surface area (Å²) in [4.78, 5) is 24.4. The average molecular weight is 250 g/mol. The number of fused-ring (bicyclic) bond motifs is 1. The Balaban J connectivity index is 2.35. The van der Waals surface area contributed by atoms with E-state index in [9.17, 15) is 9.59 Å². The Kier molecular flexibility index (Phi) is 3.35. The molecule has 2 fully saturated rings. The fourth-order valence-corrected chi connectivity index (χ4v) is 4.03. The summed E-state index contributed by atoms with van der Waals surface area (Å²) in [5, 5.41) is 0. The molecule has 2 aliphatic carbocycles.